The minimum absolute atomic E-state index is 0.587. The quantitative estimate of drug-likeness (QED) is 0.615. The lowest BCUT2D eigenvalue weighted by molar-refractivity contribution is -0.0710. The van der Waals surface area contributed by atoms with Crippen molar-refractivity contribution in [1.82, 2.24) is 4.90 Å². The maximum atomic E-state index is 5.78. The molecule has 0 spiro atoms. The minimum Gasteiger partial charge on any atom is -0.378 e. The van der Waals surface area contributed by atoms with Crippen molar-refractivity contribution >= 4 is 0 Å². The molecule has 0 amide bonds. The second kappa shape index (κ2) is 3.97. The van der Waals surface area contributed by atoms with Crippen molar-refractivity contribution in [3.8, 4) is 0 Å². The summed E-state index contributed by atoms with van der Waals surface area (Å²) in [4.78, 5) is 2.59. The summed E-state index contributed by atoms with van der Waals surface area (Å²) in [5.74, 6) is 0.824. The second-order valence-electron chi connectivity index (χ2n) is 4.69. The molecule has 76 valence electrons. The third-order valence-corrected chi connectivity index (χ3v) is 3.48. The van der Waals surface area contributed by atoms with E-state index in [1.807, 2.05) is 0 Å². The van der Waals surface area contributed by atoms with E-state index in [9.17, 15) is 0 Å². The molecule has 2 atom stereocenters. The summed E-state index contributed by atoms with van der Waals surface area (Å²) in [7, 11) is 0. The van der Waals surface area contributed by atoms with Gasteiger partial charge in [0.1, 0.15) is 0 Å². The smallest absolute Gasteiger partial charge is 0.0627 e. The van der Waals surface area contributed by atoms with Crippen molar-refractivity contribution in [2.75, 3.05) is 19.7 Å². The number of nitrogens with zero attached hydrogens (tertiary/aromatic N) is 1. The first kappa shape index (κ1) is 9.47. The Morgan fingerprint density at radius 2 is 2.15 bits per heavy atom. The van der Waals surface area contributed by atoms with Crippen LogP contribution in [-0.4, -0.2) is 36.7 Å². The van der Waals surface area contributed by atoms with E-state index >= 15 is 0 Å². The highest BCUT2D eigenvalue weighted by molar-refractivity contribution is 4.84. The van der Waals surface area contributed by atoms with Crippen LogP contribution in [0.3, 0.4) is 0 Å². The van der Waals surface area contributed by atoms with Gasteiger partial charge in [-0.15, -0.1) is 0 Å². The van der Waals surface area contributed by atoms with Crippen LogP contribution in [0.4, 0.5) is 0 Å². The Kier molecular flexibility index (Phi) is 2.89. The third-order valence-electron chi connectivity index (χ3n) is 3.48. The molecule has 0 aromatic heterocycles. The number of ether oxygens (including phenoxy) is 1. The van der Waals surface area contributed by atoms with Gasteiger partial charge in [-0.2, -0.15) is 0 Å². The highest BCUT2D eigenvalue weighted by Crippen LogP contribution is 2.28. The van der Waals surface area contributed by atoms with Gasteiger partial charge in [-0.3, -0.25) is 0 Å². The average molecular weight is 183 g/mol. The van der Waals surface area contributed by atoms with Gasteiger partial charge in [0, 0.05) is 25.7 Å². The molecule has 2 nitrogen and oxygen atoms in total. The molecule has 0 N–H and O–H groups in total. The maximum absolute atomic E-state index is 5.78. The van der Waals surface area contributed by atoms with E-state index in [2.05, 4.69) is 18.7 Å². The molecular weight excluding hydrogens is 162 g/mol. The highest BCUT2D eigenvalue weighted by atomic mass is 16.5. The number of likely N-dealkylation sites (tertiary alicyclic amines) is 1. The third kappa shape index (κ3) is 2.05. The SMILES string of the molecule is CC(C)N1CCC2OCCCC2C1. The normalized spacial score (nSPS) is 36.2. The van der Waals surface area contributed by atoms with E-state index in [1.54, 1.807) is 0 Å². The summed E-state index contributed by atoms with van der Waals surface area (Å²) in [6.07, 6.45) is 4.49. The molecule has 2 unspecified atom stereocenters. The number of fused-ring (bicyclic) bond motifs is 1. The van der Waals surface area contributed by atoms with Gasteiger partial charge in [0.05, 0.1) is 6.10 Å². The van der Waals surface area contributed by atoms with Gasteiger partial charge in [-0.05, 0) is 39.0 Å². The summed E-state index contributed by atoms with van der Waals surface area (Å²) < 4.78 is 5.78. The predicted molar refractivity (Wildman–Crippen MR) is 53.8 cm³/mol. The van der Waals surface area contributed by atoms with Crippen molar-refractivity contribution in [2.45, 2.75) is 45.3 Å². The van der Waals surface area contributed by atoms with Crippen LogP contribution in [0.1, 0.15) is 33.1 Å². The number of hydrogen-bond donors (Lipinski definition) is 0. The fourth-order valence-corrected chi connectivity index (χ4v) is 2.58. The summed E-state index contributed by atoms with van der Waals surface area (Å²) in [6.45, 7) is 8.10. The summed E-state index contributed by atoms with van der Waals surface area (Å²) in [5, 5.41) is 0. The van der Waals surface area contributed by atoms with Crippen LogP contribution in [0.5, 0.6) is 0 Å². The van der Waals surface area contributed by atoms with Gasteiger partial charge in [0.25, 0.3) is 0 Å². The predicted octanol–water partition coefficient (Wildman–Crippen LogP) is 1.90. The lowest BCUT2D eigenvalue weighted by Gasteiger charge is -2.42. The Balaban J connectivity index is 1.91. The monoisotopic (exact) mass is 183 g/mol. The molecule has 2 fully saturated rings. The Morgan fingerprint density at radius 3 is 2.92 bits per heavy atom. The van der Waals surface area contributed by atoms with E-state index in [1.165, 1.54) is 32.4 Å². The van der Waals surface area contributed by atoms with Gasteiger partial charge in [0.15, 0.2) is 0 Å². The standard InChI is InChI=1S/C11H21NO/c1-9(2)12-6-5-11-10(8-12)4-3-7-13-11/h9-11H,3-8H2,1-2H3. The minimum atomic E-state index is 0.587. The van der Waals surface area contributed by atoms with Crippen molar-refractivity contribution in [3.05, 3.63) is 0 Å². The first-order valence-corrected chi connectivity index (χ1v) is 5.63. The van der Waals surface area contributed by atoms with E-state index in [-0.39, 0.29) is 0 Å². The molecule has 2 saturated heterocycles. The molecular formula is C11H21NO. The zero-order valence-electron chi connectivity index (χ0n) is 8.83. The van der Waals surface area contributed by atoms with Gasteiger partial charge in [-0.25, -0.2) is 0 Å². The molecule has 2 aliphatic rings. The molecule has 0 radical (unpaired) electrons. The Hall–Kier alpha value is -0.0800. The Bertz CT molecular complexity index is 169. The van der Waals surface area contributed by atoms with Crippen molar-refractivity contribution < 1.29 is 4.74 Å². The Morgan fingerprint density at radius 1 is 1.31 bits per heavy atom. The van der Waals surface area contributed by atoms with Crippen LogP contribution in [-0.2, 0) is 4.74 Å². The number of piperidine rings is 1. The molecule has 0 saturated carbocycles. The van der Waals surface area contributed by atoms with Crippen LogP contribution < -0.4 is 0 Å². The molecule has 2 heterocycles. The molecule has 2 heteroatoms. The van der Waals surface area contributed by atoms with Crippen molar-refractivity contribution in [3.63, 3.8) is 0 Å². The zero-order chi connectivity index (χ0) is 9.26. The zero-order valence-corrected chi connectivity index (χ0v) is 8.83. The topological polar surface area (TPSA) is 12.5 Å². The number of hydrogen-bond acceptors (Lipinski definition) is 2. The highest BCUT2D eigenvalue weighted by Gasteiger charge is 2.32. The van der Waals surface area contributed by atoms with Crippen LogP contribution in [0.15, 0.2) is 0 Å². The number of rotatable bonds is 1. The lowest BCUT2D eigenvalue weighted by Crippen LogP contribution is -2.48. The molecule has 0 aliphatic carbocycles. The van der Waals surface area contributed by atoms with Gasteiger partial charge in [0.2, 0.25) is 0 Å². The summed E-state index contributed by atoms with van der Waals surface area (Å²) in [6, 6.07) is 0.711. The first-order chi connectivity index (χ1) is 6.27. The Labute approximate surface area is 81.3 Å². The first-order valence-electron chi connectivity index (χ1n) is 5.63. The van der Waals surface area contributed by atoms with Gasteiger partial charge in [-0.1, -0.05) is 0 Å². The molecule has 0 aromatic carbocycles. The van der Waals surface area contributed by atoms with Crippen molar-refractivity contribution in [1.29, 1.82) is 0 Å². The van der Waals surface area contributed by atoms with Crippen molar-refractivity contribution in [2.24, 2.45) is 5.92 Å². The van der Waals surface area contributed by atoms with Gasteiger partial charge >= 0.3 is 0 Å². The van der Waals surface area contributed by atoms with Crippen LogP contribution in [0.2, 0.25) is 0 Å². The van der Waals surface area contributed by atoms with E-state index in [0.29, 0.717) is 12.1 Å². The fraction of sp³-hybridized carbons (Fsp3) is 1.00. The largest absolute Gasteiger partial charge is 0.378 e. The van der Waals surface area contributed by atoms with Crippen LogP contribution in [0, 0.1) is 5.92 Å². The molecule has 0 bridgehead atoms. The van der Waals surface area contributed by atoms with E-state index in [0.717, 1.165) is 12.5 Å². The summed E-state index contributed by atoms with van der Waals surface area (Å²) >= 11 is 0. The fourth-order valence-electron chi connectivity index (χ4n) is 2.58. The summed E-state index contributed by atoms with van der Waals surface area (Å²) in [5.41, 5.74) is 0. The maximum Gasteiger partial charge on any atom is 0.0627 e. The lowest BCUT2D eigenvalue weighted by atomic mass is 9.88. The van der Waals surface area contributed by atoms with E-state index in [4.69, 9.17) is 4.74 Å². The molecule has 2 rings (SSSR count). The molecule has 2 aliphatic heterocycles. The average Bonchev–Trinajstić information content (AvgIpc) is 2.17. The van der Waals surface area contributed by atoms with Gasteiger partial charge < -0.3 is 9.64 Å². The molecule has 0 aromatic rings. The van der Waals surface area contributed by atoms with Crippen LogP contribution >= 0.6 is 0 Å². The van der Waals surface area contributed by atoms with E-state index < -0.39 is 0 Å². The molecule has 13 heavy (non-hydrogen) atoms. The second-order valence-corrected chi connectivity index (χ2v) is 4.69. The van der Waals surface area contributed by atoms with Crippen LogP contribution in [0.25, 0.3) is 0 Å².